The third kappa shape index (κ3) is 9.28. The lowest BCUT2D eigenvalue weighted by molar-refractivity contribution is 0.255. The smallest absolute Gasteiger partial charge is 0.00946 e. The molecule has 51 heavy (non-hydrogen) atoms. The molecule has 0 saturated heterocycles. The molecule has 0 amide bonds. The Morgan fingerprint density at radius 1 is 0.353 bits per heavy atom. The second-order valence-electron chi connectivity index (χ2n) is 19.2. The summed E-state index contributed by atoms with van der Waals surface area (Å²) in [6.07, 6.45) is 2.31. The van der Waals surface area contributed by atoms with E-state index in [1.807, 2.05) is 0 Å². The first-order valence-electron chi connectivity index (χ1n) is 19.5. The highest BCUT2D eigenvalue weighted by molar-refractivity contribution is 7.74. The van der Waals surface area contributed by atoms with Crippen LogP contribution in [0.5, 0.6) is 0 Å². The molecule has 0 radical (unpaired) electrons. The summed E-state index contributed by atoms with van der Waals surface area (Å²) < 4.78 is 0. The summed E-state index contributed by atoms with van der Waals surface area (Å²) in [5.74, 6) is 0. The van der Waals surface area contributed by atoms with E-state index in [-0.39, 0.29) is 27.1 Å². The number of rotatable bonds is 10. The summed E-state index contributed by atoms with van der Waals surface area (Å²) >= 11 is 0. The fraction of sp³-hybridized carbons (Fsp3) is 0.510. The Morgan fingerprint density at radius 3 is 0.667 bits per heavy atom. The molecule has 0 heterocycles. The summed E-state index contributed by atoms with van der Waals surface area (Å²) in [5, 5.41) is 6.00. The van der Waals surface area contributed by atoms with Gasteiger partial charge in [0.05, 0.1) is 0 Å². The first-order chi connectivity index (χ1) is 23.5. The lowest BCUT2D eigenvalue weighted by atomic mass is 9.76. The zero-order valence-corrected chi connectivity index (χ0v) is 37.0. The monoisotopic (exact) mass is 720 g/mol. The molecule has 0 aliphatic carbocycles. The van der Waals surface area contributed by atoms with Crippen LogP contribution in [0.1, 0.15) is 146 Å². The summed E-state index contributed by atoms with van der Waals surface area (Å²) in [7, 11) is -1.27. The predicted molar refractivity (Wildman–Crippen MR) is 235 cm³/mol. The average Bonchev–Trinajstić information content (AvgIpc) is 3.05. The van der Waals surface area contributed by atoms with Crippen LogP contribution >= 0.6 is 15.8 Å². The van der Waals surface area contributed by atoms with Gasteiger partial charge in [0.1, 0.15) is 0 Å². The standard InChI is InChI=1S/C49H70P2/c1-17-49(18-2,35(3)50(41-27-19-37(20-28-41)45(5,6)7)42-29-21-38(22-30-42)46(8,9)10)36(4)51(43-31-23-39(24-32-43)47(11,12)13)44-33-25-40(26-34-44)48(14,15)16/h19-36H,17-18H2,1-16H3. The van der Waals surface area contributed by atoms with E-state index in [0.29, 0.717) is 11.3 Å². The maximum absolute atomic E-state index is 2.61. The molecule has 0 bridgehead atoms. The molecule has 2 heteroatoms. The summed E-state index contributed by atoms with van der Waals surface area (Å²) in [6.45, 7) is 38.1. The highest BCUT2D eigenvalue weighted by Gasteiger charge is 2.46. The molecule has 0 spiro atoms. The fourth-order valence-electron chi connectivity index (χ4n) is 7.98. The number of benzene rings is 4. The van der Waals surface area contributed by atoms with Crippen molar-refractivity contribution >= 4 is 37.1 Å². The minimum atomic E-state index is -0.634. The van der Waals surface area contributed by atoms with Crippen molar-refractivity contribution in [2.75, 3.05) is 0 Å². The molecule has 4 rings (SSSR count). The van der Waals surface area contributed by atoms with Gasteiger partial charge in [-0.3, -0.25) is 0 Å². The molecule has 0 fully saturated rings. The van der Waals surface area contributed by atoms with Crippen LogP contribution in [0.2, 0.25) is 0 Å². The van der Waals surface area contributed by atoms with Crippen molar-refractivity contribution in [2.45, 2.75) is 157 Å². The zero-order valence-electron chi connectivity index (χ0n) is 35.2. The normalized spacial score (nSPS) is 14.6. The van der Waals surface area contributed by atoms with Gasteiger partial charge in [-0.25, -0.2) is 0 Å². The first kappa shape index (κ1) is 41.5. The Morgan fingerprint density at radius 2 is 0.529 bits per heavy atom. The Labute approximate surface area is 317 Å². The lowest BCUT2D eigenvalue weighted by Gasteiger charge is -2.49. The van der Waals surface area contributed by atoms with Crippen molar-refractivity contribution in [3.63, 3.8) is 0 Å². The molecule has 2 atom stereocenters. The van der Waals surface area contributed by atoms with E-state index in [1.54, 1.807) is 0 Å². The third-order valence-electron chi connectivity index (χ3n) is 11.8. The first-order valence-corrected chi connectivity index (χ1v) is 22.4. The number of hydrogen-bond acceptors (Lipinski definition) is 0. The number of hydrogen-bond donors (Lipinski definition) is 0. The molecular weight excluding hydrogens is 650 g/mol. The van der Waals surface area contributed by atoms with Crippen molar-refractivity contribution in [3.8, 4) is 0 Å². The highest BCUT2D eigenvalue weighted by atomic mass is 31.1. The second-order valence-corrected chi connectivity index (χ2v) is 24.3. The highest BCUT2D eigenvalue weighted by Crippen LogP contribution is 2.59. The van der Waals surface area contributed by atoms with E-state index in [4.69, 9.17) is 0 Å². The second kappa shape index (κ2) is 15.6. The Bertz CT molecular complexity index is 1440. The molecule has 0 saturated carbocycles. The lowest BCUT2D eigenvalue weighted by Crippen LogP contribution is -2.45. The SMILES string of the molecule is CCC(CC)(C(C)P(c1ccc(C(C)(C)C)cc1)c1ccc(C(C)(C)C)cc1)C(C)P(c1ccc(C(C)(C)C)cc1)c1ccc(C(C)(C)C)cc1. The van der Waals surface area contributed by atoms with Crippen LogP contribution < -0.4 is 21.2 Å². The van der Waals surface area contributed by atoms with Crippen LogP contribution in [-0.4, -0.2) is 11.3 Å². The van der Waals surface area contributed by atoms with Crippen LogP contribution in [0.15, 0.2) is 97.1 Å². The van der Waals surface area contributed by atoms with E-state index in [9.17, 15) is 0 Å². The van der Waals surface area contributed by atoms with Gasteiger partial charge in [-0.05, 0) is 111 Å². The molecule has 0 aliphatic heterocycles. The fourth-order valence-corrected chi connectivity index (χ4v) is 14.6. The van der Waals surface area contributed by atoms with Crippen LogP contribution in [-0.2, 0) is 21.7 Å². The van der Waals surface area contributed by atoms with Gasteiger partial charge in [-0.15, -0.1) is 0 Å². The van der Waals surface area contributed by atoms with Gasteiger partial charge in [-0.2, -0.15) is 0 Å². The van der Waals surface area contributed by atoms with Gasteiger partial charge in [-0.1, -0.05) is 208 Å². The maximum Gasteiger partial charge on any atom is -0.00946 e. The van der Waals surface area contributed by atoms with E-state index in [1.165, 1.54) is 43.5 Å². The predicted octanol–water partition coefficient (Wildman–Crippen LogP) is 13.0. The summed E-state index contributed by atoms with van der Waals surface area (Å²) in [6, 6.07) is 39.0. The van der Waals surface area contributed by atoms with Crippen molar-refractivity contribution in [3.05, 3.63) is 119 Å². The minimum Gasteiger partial charge on any atom is -0.0648 e. The molecule has 0 aromatic heterocycles. The maximum atomic E-state index is 2.61. The van der Waals surface area contributed by atoms with E-state index in [0.717, 1.165) is 12.8 Å². The van der Waals surface area contributed by atoms with Crippen molar-refractivity contribution < 1.29 is 0 Å². The van der Waals surface area contributed by atoms with Gasteiger partial charge in [0.15, 0.2) is 0 Å². The van der Waals surface area contributed by atoms with Crippen molar-refractivity contribution in [1.29, 1.82) is 0 Å². The molecule has 2 unspecified atom stereocenters. The van der Waals surface area contributed by atoms with Crippen LogP contribution in [0.25, 0.3) is 0 Å². The van der Waals surface area contributed by atoms with E-state index in [2.05, 4.69) is 208 Å². The van der Waals surface area contributed by atoms with E-state index < -0.39 is 15.8 Å². The van der Waals surface area contributed by atoms with Crippen molar-refractivity contribution in [1.82, 2.24) is 0 Å². The Hall–Kier alpha value is -2.26. The minimum absolute atomic E-state index is 0.132. The largest absolute Gasteiger partial charge is 0.0648 e. The van der Waals surface area contributed by atoms with Crippen molar-refractivity contribution in [2.24, 2.45) is 5.41 Å². The summed E-state index contributed by atoms with van der Waals surface area (Å²) in [4.78, 5) is 0. The van der Waals surface area contributed by atoms with Gasteiger partial charge >= 0.3 is 0 Å². The molecule has 276 valence electrons. The summed E-state index contributed by atoms with van der Waals surface area (Å²) in [5.41, 5.74) is 7.24. The average molecular weight is 721 g/mol. The molecular formula is C49H70P2. The molecule has 0 aliphatic rings. The van der Waals surface area contributed by atoms with Crippen LogP contribution in [0, 0.1) is 5.41 Å². The van der Waals surface area contributed by atoms with Crippen LogP contribution in [0.4, 0.5) is 0 Å². The van der Waals surface area contributed by atoms with Gasteiger partial charge < -0.3 is 0 Å². The van der Waals surface area contributed by atoms with Crippen LogP contribution in [0.3, 0.4) is 0 Å². The Balaban J connectivity index is 1.92. The molecule has 0 N–H and O–H groups in total. The Kier molecular flexibility index (Phi) is 12.7. The van der Waals surface area contributed by atoms with Gasteiger partial charge in [0.2, 0.25) is 0 Å². The quantitative estimate of drug-likeness (QED) is 0.143. The van der Waals surface area contributed by atoms with Gasteiger partial charge in [0, 0.05) is 0 Å². The molecule has 4 aromatic rings. The topological polar surface area (TPSA) is 0 Å². The molecule has 4 aromatic carbocycles. The van der Waals surface area contributed by atoms with Gasteiger partial charge in [0.25, 0.3) is 0 Å². The van der Waals surface area contributed by atoms with E-state index >= 15 is 0 Å². The molecule has 0 nitrogen and oxygen atoms in total. The zero-order chi connectivity index (χ0) is 38.2. The third-order valence-corrected chi connectivity index (χ3v) is 17.8.